The van der Waals surface area contributed by atoms with Crippen LogP contribution >= 0.6 is 11.6 Å². The highest BCUT2D eigenvalue weighted by molar-refractivity contribution is 6.31. The lowest BCUT2D eigenvalue weighted by Gasteiger charge is -2.25. The van der Waals surface area contributed by atoms with E-state index in [0.717, 1.165) is 12.1 Å². The zero-order valence-electron chi connectivity index (χ0n) is 11.0. The van der Waals surface area contributed by atoms with E-state index in [1.165, 1.54) is 0 Å². The van der Waals surface area contributed by atoms with Gasteiger partial charge in [0.05, 0.1) is 42.2 Å². The third kappa shape index (κ3) is 3.43. The Bertz CT molecular complexity index is 355. The molecule has 0 radical (unpaired) electrons. The van der Waals surface area contributed by atoms with Gasteiger partial charge in [0.1, 0.15) is 0 Å². The van der Waals surface area contributed by atoms with Crippen molar-refractivity contribution in [1.29, 1.82) is 0 Å². The summed E-state index contributed by atoms with van der Waals surface area (Å²) < 4.78 is 12.3. The summed E-state index contributed by atoms with van der Waals surface area (Å²) >= 11 is 6.18. The Balaban J connectivity index is 2.99. The van der Waals surface area contributed by atoms with Crippen LogP contribution in [-0.2, 0) is 16.0 Å². The van der Waals surface area contributed by atoms with E-state index in [0.29, 0.717) is 18.2 Å². The summed E-state index contributed by atoms with van der Waals surface area (Å²) in [7, 11) is 3.30. The number of hydrogen-bond donors (Lipinski definition) is 2. The first-order valence-corrected chi connectivity index (χ1v) is 6.26. The second-order valence-electron chi connectivity index (χ2n) is 3.92. The van der Waals surface area contributed by atoms with Gasteiger partial charge in [0, 0.05) is 14.2 Å². The number of rotatable bonds is 8. The fourth-order valence-electron chi connectivity index (χ4n) is 1.94. The standard InChI is InChI=1S/C11H21ClN4O2/c1-4-9(18-3)10(15-13)11-8(12)7-14-16(11)5-6-17-2/h7,9-10,15H,4-6,13H2,1-3H3. The van der Waals surface area contributed by atoms with Crippen LogP contribution in [-0.4, -0.2) is 36.7 Å². The second kappa shape index (κ2) is 7.70. The smallest absolute Gasteiger partial charge is 0.0905 e. The molecule has 6 nitrogen and oxygen atoms in total. The third-order valence-corrected chi connectivity index (χ3v) is 3.18. The van der Waals surface area contributed by atoms with Crippen molar-refractivity contribution < 1.29 is 9.47 Å². The maximum absolute atomic E-state index is 6.18. The molecule has 0 aliphatic heterocycles. The van der Waals surface area contributed by atoms with Crippen molar-refractivity contribution in [2.75, 3.05) is 20.8 Å². The predicted molar refractivity (Wildman–Crippen MR) is 70.3 cm³/mol. The molecule has 3 N–H and O–H groups in total. The summed E-state index contributed by atoms with van der Waals surface area (Å²) in [6.45, 7) is 3.21. The molecule has 0 saturated heterocycles. The largest absolute Gasteiger partial charge is 0.383 e. The highest BCUT2D eigenvalue weighted by Gasteiger charge is 2.26. The van der Waals surface area contributed by atoms with Crippen molar-refractivity contribution in [3.05, 3.63) is 16.9 Å². The van der Waals surface area contributed by atoms with E-state index in [1.54, 1.807) is 25.1 Å². The normalized spacial score (nSPS) is 14.7. The zero-order valence-corrected chi connectivity index (χ0v) is 11.8. The molecule has 1 rings (SSSR count). The van der Waals surface area contributed by atoms with Gasteiger partial charge in [-0.15, -0.1) is 0 Å². The van der Waals surface area contributed by atoms with E-state index in [4.69, 9.17) is 26.9 Å². The Morgan fingerprint density at radius 3 is 2.78 bits per heavy atom. The predicted octanol–water partition coefficient (Wildman–Crippen LogP) is 1.11. The molecule has 0 aliphatic rings. The van der Waals surface area contributed by atoms with Gasteiger partial charge in [-0.1, -0.05) is 18.5 Å². The first-order valence-electron chi connectivity index (χ1n) is 5.88. The zero-order chi connectivity index (χ0) is 13.5. The number of ether oxygens (including phenoxy) is 2. The van der Waals surface area contributed by atoms with E-state index in [1.807, 2.05) is 6.92 Å². The molecule has 1 aromatic rings. The Morgan fingerprint density at radius 2 is 2.28 bits per heavy atom. The van der Waals surface area contributed by atoms with E-state index in [9.17, 15) is 0 Å². The van der Waals surface area contributed by atoms with Crippen LogP contribution in [0.15, 0.2) is 6.20 Å². The summed E-state index contributed by atoms with van der Waals surface area (Å²) in [5.41, 5.74) is 3.58. The molecule has 2 unspecified atom stereocenters. The Morgan fingerprint density at radius 1 is 1.56 bits per heavy atom. The van der Waals surface area contributed by atoms with Gasteiger partial charge in [-0.3, -0.25) is 10.5 Å². The molecule has 18 heavy (non-hydrogen) atoms. The lowest BCUT2D eigenvalue weighted by atomic mass is 10.1. The SMILES string of the molecule is CCC(OC)C(NN)c1c(Cl)cnn1CCOC. The first-order chi connectivity index (χ1) is 8.69. The van der Waals surface area contributed by atoms with Crippen LogP contribution in [0.25, 0.3) is 0 Å². The molecule has 0 bridgehead atoms. The fraction of sp³-hybridized carbons (Fsp3) is 0.727. The number of hydrazine groups is 1. The molecule has 7 heteroatoms. The van der Waals surface area contributed by atoms with Crippen molar-refractivity contribution in [2.24, 2.45) is 5.84 Å². The molecule has 2 atom stereocenters. The summed E-state index contributed by atoms with van der Waals surface area (Å²) in [5.74, 6) is 5.62. The molecule has 0 fully saturated rings. The van der Waals surface area contributed by atoms with Gasteiger partial charge in [-0.2, -0.15) is 5.10 Å². The molecule has 0 saturated carbocycles. The molecule has 1 heterocycles. The van der Waals surface area contributed by atoms with Crippen LogP contribution in [0.3, 0.4) is 0 Å². The van der Waals surface area contributed by atoms with E-state index in [2.05, 4.69) is 10.5 Å². The van der Waals surface area contributed by atoms with Crippen LogP contribution in [0.4, 0.5) is 0 Å². The van der Waals surface area contributed by atoms with Gasteiger partial charge < -0.3 is 9.47 Å². The van der Waals surface area contributed by atoms with Gasteiger partial charge in [-0.25, -0.2) is 5.43 Å². The average molecular weight is 277 g/mol. The maximum Gasteiger partial charge on any atom is 0.0905 e. The fourth-order valence-corrected chi connectivity index (χ4v) is 2.20. The van der Waals surface area contributed by atoms with Crippen molar-refractivity contribution in [3.63, 3.8) is 0 Å². The molecule has 104 valence electrons. The molecule has 0 aromatic carbocycles. The third-order valence-electron chi connectivity index (χ3n) is 2.89. The molecule has 0 spiro atoms. The number of nitrogens with one attached hydrogen (secondary N) is 1. The quantitative estimate of drug-likeness (QED) is 0.550. The molecular weight excluding hydrogens is 256 g/mol. The lowest BCUT2D eigenvalue weighted by molar-refractivity contribution is 0.0615. The van der Waals surface area contributed by atoms with Gasteiger partial charge in [0.15, 0.2) is 0 Å². The summed E-state index contributed by atoms with van der Waals surface area (Å²) in [4.78, 5) is 0. The van der Waals surface area contributed by atoms with Gasteiger partial charge >= 0.3 is 0 Å². The van der Waals surface area contributed by atoms with Crippen molar-refractivity contribution >= 4 is 11.6 Å². The van der Waals surface area contributed by atoms with Gasteiger partial charge in [-0.05, 0) is 6.42 Å². The first kappa shape index (κ1) is 15.4. The van der Waals surface area contributed by atoms with E-state index >= 15 is 0 Å². The molecule has 0 amide bonds. The van der Waals surface area contributed by atoms with Crippen molar-refractivity contribution in [3.8, 4) is 0 Å². The lowest BCUT2D eigenvalue weighted by Crippen LogP contribution is -2.39. The number of nitrogens with zero attached hydrogens (tertiary/aromatic N) is 2. The minimum Gasteiger partial charge on any atom is -0.383 e. The van der Waals surface area contributed by atoms with Gasteiger partial charge in [0.2, 0.25) is 0 Å². The van der Waals surface area contributed by atoms with Crippen LogP contribution in [0.1, 0.15) is 25.1 Å². The molecular formula is C11H21ClN4O2. The maximum atomic E-state index is 6.18. The monoisotopic (exact) mass is 276 g/mol. The summed E-state index contributed by atoms with van der Waals surface area (Å²) in [6.07, 6.45) is 2.36. The van der Waals surface area contributed by atoms with Crippen molar-refractivity contribution in [1.82, 2.24) is 15.2 Å². The topological polar surface area (TPSA) is 74.3 Å². The number of hydrogen-bond acceptors (Lipinski definition) is 5. The van der Waals surface area contributed by atoms with Crippen LogP contribution in [0, 0.1) is 0 Å². The summed E-state index contributed by atoms with van der Waals surface area (Å²) in [5, 5.41) is 4.80. The minimum atomic E-state index is -0.202. The van der Waals surface area contributed by atoms with Gasteiger partial charge in [0.25, 0.3) is 0 Å². The highest BCUT2D eigenvalue weighted by atomic mass is 35.5. The average Bonchev–Trinajstić information content (AvgIpc) is 2.74. The number of nitrogens with two attached hydrogens (primary N) is 1. The summed E-state index contributed by atoms with van der Waals surface area (Å²) in [6, 6.07) is -0.202. The Hall–Kier alpha value is -0.660. The van der Waals surface area contributed by atoms with Crippen molar-refractivity contribution in [2.45, 2.75) is 32.0 Å². The Kier molecular flexibility index (Phi) is 6.59. The van der Waals surface area contributed by atoms with Crippen LogP contribution < -0.4 is 11.3 Å². The number of methoxy groups -OCH3 is 2. The molecule has 0 aliphatic carbocycles. The van der Waals surface area contributed by atoms with E-state index < -0.39 is 0 Å². The number of aromatic nitrogens is 2. The molecule has 1 aromatic heterocycles. The minimum absolute atomic E-state index is 0.0644. The Labute approximate surface area is 112 Å². The number of halogens is 1. The van der Waals surface area contributed by atoms with E-state index in [-0.39, 0.29) is 12.1 Å². The van der Waals surface area contributed by atoms with Crippen LogP contribution in [0.2, 0.25) is 5.02 Å². The second-order valence-corrected chi connectivity index (χ2v) is 4.33. The van der Waals surface area contributed by atoms with Crippen LogP contribution in [0.5, 0.6) is 0 Å². The highest BCUT2D eigenvalue weighted by Crippen LogP contribution is 2.27.